The van der Waals surface area contributed by atoms with Crippen LogP contribution in [0.3, 0.4) is 0 Å². The summed E-state index contributed by atoms with van der Waals surface area (Å²) in [5, 5.41) is 14.0. The third kappa shape index (κ3) is 6.38. The van der Waals surface area contributed by atoms with E-state index in [-0.39, 0.29) is 18.7 Å². The lowest BCUT2D eigenvalue weighted by molar-refractivity contribution is -0.384. The number of nitro groups is 1. The van der Waals surface area contributed by atoms with Gasteiger partial charge in [-0.05, 0) is 47.5 Å². The van der Waals surface area contributed by atoms with E-state index in [1.54, 1.807) is 24.3 Å². The topological polar surface area (TPSA) is 98.5 Å². The largest absolute Gasteiger partial charge is 0.459 e. The SMILES string of the molecule is O=C(N[C@@H](Cc1ccccc1)C(=O)OCc1ccc([N+](=O)[O-])cc1)c1ccc(Cl)cc1. The van der Waals surface area contributed by atoms with Gasteiger partial charge in [0.05, 0.1) is 4.92 Å². The van der Waals surface area contributed by atoms with Crippen molar-refractivity contribution in [2.75, 3.05) is 0 Å². The molecule has 0 saturated heterocycles. The first-order valence-corrected chi connectivity index (χ1v) is 9.80. The van der Waals surface area contributed by atoms with Crippen LogP contribution in [-0.4, -0.2) is 22.8 Å². The molecule has 1 atom stereocenters. The van der Waals surface area contributed by atoms with Crippen LogP contribution < -0.4 is 5.32 Å². The molecule has 0 radical (unpaired) electrons. The molecule has 31 heavy (non-hydrogen) atoms. The normalized spacial score (nSPS) is 11.4. The van der Waals surface area contributed by atoms with Crippen molar-refractivity contribution < 1.29 is 19.2 Å². The molecule has 0 aliphatic carbocycles. The minimum absolute atomic E-state index is 0.0488. The third-order valence-electron chi connectivity index (χ3n) is 4.51. The van der Waals surface area contributed by atoms with Crippen molar-refractivity contribution >= 4 is 29.2 Å². The number of non-ortho nitro benzene ring substituents is 1. The second-order valence-corrected chi connectivity index (χ2v) is 7.19. The molecule has 0 bridgehead atoms. The van der Waals surface area contributed by atoms with Crippen LogP contribution in [0.2, 0.25) is 5.02 Å². The summed E-state index contributed by atoms with van der Waals surface area (Å²) in [6.07, 6.45) is 0.249. The number of rotatable bonds is 8. The van der Waals surface area contributed by atoms with Crippen LogP contribution in [0.5, 0.6) is 0 Å². The van der Waals surface area contributed by atoms with E-state index in [4.69, 9.17) is 16.3 Å². The van der Waals surface area contributed by atoms with Gasteiger partial charge >= 0.3 is 5.97 Å². The fourth-order valence-corrected chi connectivity index (χ4v) is 2.98. The van der Waals surface area contributed by atoms with E-state index in [9.17, 15) is 19.7 Å². The zero-order valence-corrected chi connectivity index (χ0v) is 17.1. The number of amides is 1. The van der Waals surface area contributed by atoms with Crippen molar-refractivity contribution in [1.82, 2.24) is 5.32 Å². The molecule has 7 nitrogen and oxygen atoms in total. The molecule has 1 N–H and O–H groups in total. The Morgan fingerprint density at radius 1 is 0.935 bits per heavy atom. The molecular formula is C23H19ClN2O5. The number of halogens is 1. The van der Waals surface area contributed by atoms with E-state index in [2.05, 4.69) is 5.32 Å². The Kier molecular flexibility index (Phi) is 7.35. The highest BCUT2D eigenvalue weighted by atomic mass is 35.5. The van der Waals surface area contributed by atoms with Gasteiger partial charge in [-0.3, -0.25) is 14.9 Å². The van der Waals surface area contributed by atoms with Crippen LogP contribution in [0.4, 0.5) is 5.69 Å². The van der Waals surface area contributed by atoms with E-state index < -0.39 is 22.8 Å². The van der Waals surface area contributed by atoms with E-state index in [0.717, 1.165) is 5.56 Å². The Bertz CT molecular complexity index is 1050. The van der Waals surface area contributed by atoms with E-state index in [1.807, 2.05) is 30.3 Å². The lowest BCUT2D eigenvalue weighted by Gasteiger charge is -2.18. The maximum Gasteiger partial charge on any atom is 0.329 e. The zero-order valence-electron chi connectivity index (χ0n) is 16.4. The highest BCUT2D eigenvalue weighted by Crippen LogP contribution is 2.14. The van der Waals surface area contributed by atoms with Crippen LogP contribution in [0, 0.1) is 10.1 Å². The Morgan fingerprint density at radius 3 is 2.19 bits per heavy atom. The lowest BCUT2D eigenvalue weighted by Crippen LogP contribution is -2.43. The molecule has 0 fully saturated rings. The molecule has 0 saturated carbocycles. The van der Waals surface area contributed by atoms with E-state index in [1.165, 1.54) is 24.3 Å². The molecule has 0 heterocycles. The van der Waals surface area contributed by atoms with Gasteiger partial charge in [-0.1, -0.05) is 41.9 Å². The molecule has 158 valence electrons. The molecule has 3 aromatic rings. The summed E-state index contributed by atoms with van der Waals surface area (Å²) in [6.45, 7) is -0.0705. The minimum Gasteiger partial charge on any atom is -0.459 e. The van der Waals surface area contributed by atoms with Crippen molar-refractivity contribution in [1.29, 1.82) is 0 Å². The van der Waals surface area contributed by atoms with Crippen molar-refractivity contribution in [3.8, 4) is 0 Å². The van der Waals surface area contributed by atoms with Crippen LogP contribution >= 0.6 is 11.6 Å². The summed E-state index contributed by atoms with van der Waals surface area (Å²) >= 11 is 5.86. The van der Waals surface area contributed by atoms with Crippen LogP contribution in [-0.2, 0) is 22.6 Å². The zero-order chi connectivity index (χ0) is 22.2. The number of benzene rings is 3. The maximum absolute atomic E-state index is 12.8. The summed E-state index contributed by atoms with van der Waals surface area (Å²) in [4.78, 5) is 35.6. The first-order valence-electron chi connectivity index (χ1n) is 9.42. The first-order chi connectivity index (χ1) is 14.9. The number of hydrogen-bond acceptors (Lipinski definition) is 5. The Balaban J connectivity index is 1.70. The molecule has 1 amide bonds. The molecule has 0 spiro atoms. The first kappa shape index (κ1) is 22.0. The van der Waals surface area contributed by atoms with Gasteiger partial charge in [0.2, 0.25) is 0 Å². The molecule has 8 heteroatoms. The molecular weight excluding hydrogens is 420 g/mol. The van der Waals surface area contributed by atoms with Crippen LogP contribution in [0.1, 0.15) is 21.5 Å². The maximum atomic E-state index is 12.8. The van der Waals surface area contributed by atoms with E-state index >= 15 is 0 Å². The van der Waals surface area contributed by atoms with Gasteiger partial charge in [0.1, 0.15) is 12.6 Å². The fraction of sp³-hybridized carbons (Fsp3) is 0.130. The summed E-state index contributed by atoms with van der Waals surface area (Å²) in [5.41, 5.74) is 1.77. The summed E-state index contributed by atoms with van der Waals surface area (Å²) in [5.74, 6) is -1.03. The predicted octanol–water partition coefficient (Wildman–Crippen LogP) is 4.33. The number of nitrogens with zero attached hydrogens (tertiary/aromatic N) is 1. The number of carbonyl (C=O) groups is 2. The van der Waals surface area contributed by atoms with Gasteiger partial charge < -0.3 is 10.1 Å². The average Bonchev–Trinajstić information content (AvgIpc) is 2.78. The molecule has 3 aromatic carbocycles. The lowest BCUT2D eigenvalue weighted by atomic mass is 10.1. The third-order valence-corrected chi connectivity index (χ3v) is 4.76. The molecule has 0 aromatic heterocycles. The van der Waals surface area contributed by atoms with Gasteiger partial charge in [-0.15, -0.1) is 0 Å². The van der Waals surface area contributed by atoms with Gasteiger partial charge in [0, 0.05) is 29.1 Å². The Hall–Kier alpha value is -3.71. The number of nitro benzene ring substituents is 1. The van der Waals surface area contributed by atoms with Crippen LogP contribution in [0.25, 0.3) is 0 Å². The van der Waals surface area contributed by atoms with Crippen LogP contribution in [0.15, 0.2) is 78.9 Å². The van der Waals surface area contributed by atoms with E-state index in [0.29, 0.717) is 16.1 Å². The van der Waals surface area contributed by atoms with Crippen molar-refractivity contribution in [2.24, 2.45) is 0 Å². The number of nitrogens with one attached hydrogen (secondary N) is 1. The second-order valence-electron chi connectivity index (χ2n) is 6.75. The minimum atomic E-state index is -0.913. The Morgan fingerprint density at radius 2 is 1.58 bits per heavy atom. The predicted molar refractivity (Wildman–Crippen MR) is 116 cm³/mol. The molecule has 3 rings (SSSR count). The number of ether oxygens (including phenoxy) is 1. The standard InChI is InChI=1S/C23H19ClN2O5/c24-19-10-8-18(9-11-19)22(27)25-21(14-16-4-2-1-3-5-16)23(28)31-15-17-6-12-20(13-7-17)26(29)30/h1-13,21H,14-15H2,(H,25,27)/t21-/m0/s1. The van der Waals surface area contributed by atoms with Gasteiger partial charge in [-0.25, -0.2) is 4.79 Å². The van der Waals surface area contributed by atoms with Crippen molar-refractivity contribution in [2.45, 2.75) is 19.1 Å². The fourth-order valence-electron chi connectivity index (χ4n) is 2.85. The Labute approximate surface area is 183 Å². The highest BCUT2D eigenvalue weighted by molar-refractivity contribution is 6.30. The smallest absolute Gasteiger partial charge is 0.329 e. The summed E-state index contributed by atoms with van der Waals surface area (Å²) in [7, 11) is 0. The number of hydrogen-bond donors (Lipinski definition) is 1. The van der Waals surface area contributed by atoms with Crippen molar-refractivity contribution in [3.05, 3.63) is 111 Å². The molecule has 0 unspecified atom stereocenters. The van der Waals surface area contributed by atoms with Gasteiger partial charge in [0.25, 0.3) is 11.6 Å². The van der Waals surface area contributed by atoms with Gasteiger partial charge in [-0.2, -0.15) is 0 Å². The quantitative estimate of drug-likeness (QED) is 0.320. The number of carbonyl (C=O) groups excluding carboxylic acids is 2. The second kappa shape index (κ2) is 10.4. The summed E-state index contributed by atoms with van der Waals surface area (Å²) in [6, 6.07) is 20.4. The monoisotopic (exact) mass is 438 g/mol. The number of esters is 1. The highest BCUT2D eigenvalue weighted by Gasteiger charge is 2.23. The van der Waals surface area contributed by atoms with Gasteiger partial charge in [0.15, 0.2) is 0 Å². The molecule has 0 aliphatic heterocycles. The summed E-state index contributed by atoms with van der Waals surface area (Å²) < 4.78 is 5.37. The molecule has 0 aliphatic rings. The average molecular weight is 439 g/mol. The van der Waals surface area contributed by atoms with Crippen molar-refractivity contribution in [3.63, 3.8) is 0 Å².